The fraction of sp³-hybridized carbons (Fsp3) is 0.438. The van der Waals surface area contributed by atoms with Gasteiger partial charge >= 0.3 is 0 Å². The lowest BCUT2D eigenvalue weighted by Crippen LogP contribution is -2.37. The number of hydrogen-bond acceptors (Lipinski definition) is 6. The molecule has 2 aromatic rings. The summed E-state index contributed by atoms with van der Waals surface area (Å²) >= 11 is 0. The van der Waals surface area contributed by atoms with Crippen molar-refractivity contribution in [3.63, 3.8) is 0 Å². The van der Waals surface area contributed by atoms with Gasteiger partial charge in [0.15, 0.2) is 5.03 Å². The summed E-state index contributed by atoms with van der Waals surface area (Å²) in [6, 6.07) is 3.33. The molecule has 1 aliphatic rings. The second kappa shape index (κ2) is 7.42. The quantitative estimate of drug-likeness (QED) is 0.761. The molecule has 0 radical (unpaired) electrons. The Labute approximate surface area is 152 Å². The summed E-state index contributed by atoms with van der Waals surface area (Å²) < 4.78 is 33.6. The first-order valence-corrected chi connectivity index (χ1v) is 9.64. The third-order valence-corrected chi connectivity index (χ3v) is 6.01. The van der Waals surface area contributed by atoms with Crippen molar-refractivity contribution in [1.29, 1.82) is 0 Å². The molecule has 0 saturated carbocycles. The van der Waals surface area contributed by atoms with Crippen molar-refractivity contribution in [1.82, 2.24) is 23.7 Å². The Kier molecular flexibility index (Phi) is 5.23. The number of aromatic nitrogens is 3. The zero-order valence-corrected chi connectivity index (χ0v) is 15.5. The molecule has 0 aromatic carbocycles. The average Bonchev–Trinajstić information content (AvgIpc) is 2.93. The summed E-state index contributed by atoms with van der Waals surface area (Å²) in [5, 5.41) is 0.0219. The largest absolute Gasteiger partial charge is 0.480 e. The number of ether oxygens (including phenoxy) is 1. The SMILES string of the molecule is COc1ncccc1C(=O)N1CCCN(S(=O)(=O)c2cn(C)cn2)CC1. The van der Waals surface area contributed by atoms with Gasteiger partial charge in [0.05, 0.1) is 13.4 Å². The van der Waals surface area contributed by atoms with Gasteiger partial charge in [-0.25, -0.2) is 18.4 Å². The Hall–Kier alpha value is -2.46. The van der Waals surface area contributed by atoms with Crippen molar-refractivity contribution in [3.05, 3.63) is 36.4 Å². The predicted molar refractivity (Wildman–Crippen MR) is 93.3 cm³/mol. The first-order chi connectivity index (χ1) is 12.4. The summed E-state index contributed by atoms with van der Waals surface area (Å²) in [4.78, 5) is 22.4. The minimum atomic E-state index is -3.66. The smallest absolute Gasteiger partial charge is 0.262 e. The number of pyridine rings is 1. The first kappa shape index (κ1) is 18.3. The lowest BCUT2D eigenvalue weighted by Gasteiger charge is -2.22. The molecule has 0 bridgehead atoms. The van der Waals surface area contributed by atoms with E-state index in [1.807, 2.05) is 0 Å². The first-order valence-electron chi connectivity index (χ1n) is 8.20. The third kappa shape index (κ3) is 3.56. The van der Waals surface area contributed by atoms with Gasteiger partial charge < -0.3 is 14.2 Å². The van der Waals surface area contributed by atoms with Gasteiger partial charge in [-0.15, -0.1) is 0 Å². The van der Waals surface area contributed by atoms with Crippen LogP contribution in [0.3, 0.4) is 0 Å². The molecule has 3 rings (SSSR count). The van der Waals surface area contributed by atoms with Crippen molar-refractivity contribution in [2.45, 2.75) is 11.4 Å². The van der Waals surface area contributed by atoms with E-state index in [-0.39, 0.29) is 23.4 Å². The number of aryl methyl sites for hydroxylation is 1. The van der Waals surface area contributed by atoms with Crippen molar-refractivity contribution in [2.75, 3.05) is 33.3 Å². The molecule has 1 amide bonds. The monoisotopic (exact) mass is 379 g/mol. The van der Waals surface area contributed by atoms with Crippen LogP contribution in [0, 0.1) is 0 Å². The standard InChI is InChI=1S/C16H21N5O4S/c1-19-11-14(18-12-19)26(23,24)21-8-4-7-20(9-10-21)16(22)13-5-3-6-17-15(13)25-2/h3,5-6,11-12H,4,7-10H2,1-2H3. The average molecular weight is 379 g/mol. The van der Waals surface area contributed by atoms with E-state index in [9.17, 15) is 13.2 Å². The summed E-state index contributed by atoms with van der Waals surface area (Å²) in [6.45, 7) is 1.31. The zero-order valence-electron chi connectivity index (χ0n) is 14.7. The number of amides is 1. The van der Waals surface area contributed by atoms with Crippen LogP contribution in [0.15, 0.2) is 35.9 Å². The van der Waals surface area contributed by atoms with Gasteiger partial charge in [-0.05, 0) is 18.6 Å². The topological polar surface area (TPSA) is 97.6 Å². The fourth-order valence-corrected chi connectivity index (χ4v) is 4.31. The summed E-state index contributed by atoms with van der Waals surface area (Å²) in [5.74, 6) is 0.0479. The molecule has 26 heavy (non-hydrogen) atoms. The number of rotatable bonds is 4. The van der Waals surface area contributed by atoms with E-state index in [4.69, 9.17) is 4.74 Å². The molecule has 140 valence electrons. The molecular formula is C16H21N5O4S. The highest BCUT2D eigenvalue weighted by Gasteiger charge is 2.30. The van der Waals surface area contributed by atoms with Crippen LogP contribution in [0.1, 0.15) is 16.8 Å². The fourth-order valence-electron chi connectivity index (χ4n) is 2.88. The molecule has 2 aromatic heterocycles. The van der Waals surface area contributed by atoms with Gasteiger partial charge in [0, 0.05) is 45.6 Å². The van der Waals surface area contributed by atoms with Gasteiger partial charge in [0.25, 0.3) is 15.9 Å². The summed E-state index contributed by atoms with van der Waals surface area (Å²) in [5.41, 5.74) is 0.371. The number of carbonyl (C=O) groups is 1. The second-order valence-corrected chi connectivity index (χ2v) is 7.87. The highest BCUT2D eigenvalue weighted by molar-refractivity contribution is 7.89. The summed E-state index contributed by atoms with van der Waals surface area (Å²) in [6.07, 6.45) is 5.03. The van der Waals surface area contributed by atoms with Crippen LogP contribution >= 0.6 is 0 Å². The van der Waals surface area contributed by atoms with Crippen LogP contribution < -0.4 is 4.74 Å². The maximum Gasteiger partial charge on any atom is 0.262 e. The van der Waals surface area contributed by atoms with Crippen molar-refractivity contribution < 1.29 is 17.9 Å². The summed E-state index contributed by atoms with van der Waals surface area (Å²) in [7, 11) is -0.485. The van der Waals surface area contributed by atoms with Crippen molar-refractivity contribution >= 4 is 15.9 Å². The molecule has 0 spiro atoms. The number of nitrogens with zero attached hydrogens (tertiary/aromatic N) is 5. The van der Waals surface area contributed by atoms with Crippen LogP contribution in [0.5, 0.6) is 5.88 Å². The van der Waals surface area contributed by atoms with E-state index < -0.39 is 10.0 Å². The number of imidazole rings is 1. The minimum Gasteiger partial charge on any atom is -0.480 e. The maximum atomic E-state index is 12.8. The van der Waals surface area contributed by atoms with E-state index in [0.717, 1.165) is 0 Å². The van der Waals surface area contributed by atoms with Crippen LogP contribution in [0.25, 0.3) is 0 Å². The van der Waals surface area contributed by atoms with E-state index in [0.29, 0.717) is 31.6 Å². The Morgan fingerprint density at radius 1 is 1.19 bits per heavy atom. The highest BCUT2D eigenvalue weighted by atomic mass is 32.2. The van der Waals surface area contributed by atoms with E-state index in [1.165, 1.54) is 23.9 Å². The van der Waals surface area contributed by atoms with Crippen LogP contribution in [0.4, 0.5) is 0 Å². The number of sulfonamides is 1. The molecule has 0 atom stereocenters. The second-order valence-electron chi connectivity index (χ2n) is 5.99. The van der Waals surface area contributed by atoms with E-state index >= 15 is 0 Å². The molecule has 1 aliphatic heterocycles. The van der Waals surface area contributed by atoms with Crippen LogP contribution in [-0.2, 0) is 17.1 Å². The van der Waals surface area contributed by atoms with Crippen LogP contribution in [0.2, 0.25) is 0 Å². The third-order valence-electron chi connectivity index (χ3n) is 4.22. The van der Waals surface area contributed by atoms with Gasteiger partial charge in [-0.3, -0.25) is 4.79 Å². The molecule has 0 unspecified atom stereocenters. The lowest BCUT2D eigenvalue weighted by atomic mass is 10.2. The Morgan fingerprint density at radius 2 is 2.00 bits per heavy atom. The normalized spacial score (nSPS) is 16.3. The van der Waals surface area contributed by atoms with E-state index in [2.05, 4.69) is 9.97 Å². The number of methoxy groups -OCH3 is 1. The molecule has 1 fully saturated rings. The highest BCUT2D eigenvalue weighted by Crippen LogP contribution is 2.19. The lowest BCUT2D eigenvalue weighted by molar-refractivity contribution is 0.0760. The van der Waals surface area contributed by atoms with Crippen molar-refractivity contribution in [2.24, 2.45) is 7.05 Å². The maximum absolute atomic E-state index is 12.8. The van der Waals surface area contributed by atoms with Gasteiger partial charge in [0.1, 0.15) is 5.56 Å². The van der Waals surface area contributed by atoms with Gasteiger partial charge in [-0.1, -0.05) is 0 Å². The Balaban J connectivity index is 1.75. The van der Waals surface area contributed by atoms with Gasteiger partial charge in [-0.2, -0.15) is 4.31 Å². The minimum absolute atomic E-state index is 0.0219. The van der Waals surface area contributed by atoms with E-state index in [1.54, 1.807) is 34.8 Å². The Morgan fingerprint density at radius 3 is 2.69 bits per heavy atom. The molecule has 1 saturated heterocycles. The molecule has 3 heterocycles. The number of carbonyl (C=O) groups excluding carboxylic acids is 1. The number of hydrogen-bond donors (Lipinski definition) is 0. The molecule has 10 heteroatoms. The predicted octanol–water partition coefficient (Wildman–Crippen LogP) is 0.361. The molecule has 0 aliphatic carbocycles. The molecule has 0 N–H and O–H groups in total. The molecule has 9 nitrogen and oxygen atoms in total. The van der Waals surface area contributed by atoms with Gasteiger partial charge in [0.2, 0.25) is 5.88 Å². The van der Waals surface area contributed by atoms with Crippen LogP contribution in [-0.4, -0.2) is 71.4 Å². The Bertz CT molecular complexity index is 896. The van der Waals surface area contributed by atoms with Crippen molar-refractivity contribution in [3.8, 4) is 5.88 Å². The molecular weight excluding hydrogens is 358 g/mol. The zero-order chi connectivity index (χ0) is 18.7.